The summed E-state index contributed by atoms with van der Waals surface area (Å²) in [5.74, 6) is 0.443. The quantitative estimate of drug-likeness (QED) is 0.889. The van der Waals surface area contributed by atoms with Gasteiger partial charge in [0.1, 0.15) is 5.75 Å². The van der Waals surface area contributed by atoms with Crippen LogP contribution in [0.25, 0.3) is 0 Å². The molecule has 0 fully saturated rings. The Bertz CT molecular complexity index is 661. The van der Waals surface area contributed by atoms with E-state index in [1.807, 2.05) is 25.1 Å². The largest absolute Gasteiger partial charge is 0.496 e. The van der Waals surface area contributed by atoms with Crippen LogP contribution in [-0.2, 0) is 0 Å². The van der Waals surface area contributed by atoms with Crippen molar-refractivity contribution in [2.45, 2.75) is 13.0 Å². The third-order valence-corrected chi connectivity index (χ3v) is 3.70. The molecule has 2 aromatic rings. The van der Waals surface area contributed by atoms with Gasteiger partial charge in [-0.25, -0.2) is 4.98 Å². The number of halogens is 1. The number of hydrogen-bond donors (Lipinski definition) is 2. The summed E-state index contributed by atoms with van der Waals surface area (Å²) in [4.78, 5) is 16.2. The minimum atomic E-state index is -0.299. The molecule has 0 spiro atoms. The lowest BCUT2D eigenvalue weighted by atomic mass is 10.1. The second-order valence-corrected chi connectivity index (χ2v) is 5.38. The molecule has 0 saturated carbocycles. The Morgan fingerprint density at radius 2 is 2.19 bits per heavy atom. The van der Waals surface area contributed by atoms with Gasteiger partial charge in [-0.2, -0.15) is 0 Å². The molecule has 0 radical (unpaired) electrons. The highest BCUT2D eigenvalue weighted by atomic mass is 79.9. The molecule has 1 heterocycles. The van der Waals surface area contributed by atoms with E-state index >= 15 is 0 Å². The summed E-state index contributed by atoms with van der Waals surface area (Å²) in [5, 5.41) is 2.87. The molecule has 1 amide bonds. The van der Waals surface area contributed by atoms with Crippen molar-refractivity contribution >= 4 is 27.5 Å². The molecule has 1 aromatic heterocycles. The molecule has 0 aliphatic rings. The number of rotatable bonds is 4. The standard InChI is InChI=1S/C15H16BrN3O2/c1-9(10-5-6-13(21-2)11(16)8-10)19-15(20)14-12(17)4-3-7-18-14/h3-9H,17H2,1-2H3,(H,19,20). The summed E-state index contributed by atoms with van der Waals surface area (Å²) >= 11 is 3.43. The molecule has 21 heavy (non-hydrogen) atoms. The number of ether oxygens (including phenoxy) is 1. The van der Waals surface area contributed by atoms with Gasteiger partial charge in [0.05, 0.1) is 23.3 Å². The number of benzene rings is 1. The van der Waals surface area contributed by atoms with Crippen molar-refractivity contribution in [1.82, 2.24) is 10.3 Å². The zero-order chi connectivity index (χ0) is 15.4. The summed E-state index contributed by atoms with van der Waals surface area (Å²) < 4.78 is 6.02. The molecule has 0 bridgehead atoms. The number of carbonyl (C=O) groups excluding carboxylic acids is 1. The van der Waals surface area contributed by atoms with Crippen LogP contribution in [-0.4, -0.2) is 18.0 Å². The molecule has 110 valence electrons. The van der Waals surface area contributed by atoms with Crippen molar-refractivity contribution in [2.75, 3.05) is 12.8 Å². The number of carbonyl (C=O) groups is 1. The van der Waals surface area contributed by atoms with Crippen molar-refractivity contribution in [3.05, 3.63) is 52.3 Å². The van der Waals surface area contributed by atoms with Gasteiger partial charge in [-0.15, -0.1) is 0 Å². The molecule has 1 atom stereocenters. The predicted molar refractivity (Wildman–Crippen MR) is 85.2 cm³/mol. The molecule has 2 rings (SSSR count). The van der Waals surface area contributed by atoms with E-state index in [-0.39, 0.29) is 17.6 Å². The van der Waals surface area contributed by atoms with Gasteiger partial charge in [0, 0.05) is 6.20 Å². The van der Waals surface area contributed by atoms with E-state index < -0.39 is 0 Å². The fraction of sp³-hybridized carbons (Fsp3) is 0.200. The number of nitrogen functional groups attached to an aromatic ring is 1. The van der Waals surface area contributed by atoms with Crippen LogP contribution in [0.4, 0.5) is 5.69 Å². The van der Waals surface area contributed by atoms with Crippen molar-refractivity contribution in [3.63, 3.8) is 0 Å². The third-order valence-electron chi connectivity index (χ3n) is 3.08. The first-order chi connectivity index (χ1) is 10.0. The van der Waals surface area contributed by atoms with Crippen LogP contribution < -0.4 is 15.8 Å². The van der Waals surface area contributed by atoms with E-state index in [2.05, 4.69) is 26.2 Å². The Balaban J connectivity index is 2.14. The lowest BCUT2D eigenvalue weighted by molar-refractivity contribution is 0.0936. The minimum absolute atomic E-state index is 0.180. The molecule has 0 aliphatic heterocycles. The minimum Gasteiger partial charge on any atom is -0.496 e. The van der Waals surface area contributed by atoms with Gasteiger partial charge in [-0.1, -0.05) is 6.07 Å². The first-order valence-electron chi connectivity index (χ1n) is 6.37. The normalized spacial score (nSPS) is 11.8. The molecule has 1 aromatic carbocycles. The number of anilines is 1. The second-order valence-electron chi connectivity index (χ2n) is 4.53. The smallest absolute Gasteiger partial charge is 0.272 e. The summed E-state index contributed by atoms with van der Waals surface area (Å²) in [6.45, 7) is 1.89. The maximum Gasteiger partial charge on any atom is 0.272 e. The fourth-order valence-electron chi connectivity index (χ4n) is 1.91. The van der Waals surface area contributed by atoms with E-state index in [1.54, 1.807) is 25.4 Å². The zero-order valence-corrected chi connectivity index (χ0v) is 13.3. The van der Waals surface area contributed by atoms with Crippen LogP contribution in [0.3, 0.4) is 0 Å². The number of methoxy groups -OCH3 is 1. The van der Waals surface area contributed by atoms with Crippen molar-refractivity contribution in [3.8, 4) is 5.75 Å². The van der Waals surface area contributed by atoms with Crippen LogP contribution in [0.15, 0.2) is 41.0 Å². The summed E-state index contributed by atoms with van der Waals surface area (Å²) in [6, 6.07) is 8.81. The number of pyridine rings is 1. The maximum atomic E-state index is 12.2. The monoisotopic (exact) mass is 349 g/mol. The van der Waals surface area contributed by atoms with E-state index in [4.69, 9.17) is 10.5 Å². The van der Waals surface area contributed by atoms with Crippen molar-refractivity contribution in [2.24, 2.45) is 0 Å². The highest BCUT2D eigenvalue weighted by Gasteiger charge is 2.15. The number of amides is 1. The van der Waals surface area contributed by atoms with E-state index in [0.717, 1.165) is 15.8 Å². The molecule has 6 heteroatoms. The highest BCUT2D eigenvalue weighted by Crippen LogP contribution is 2.28. The first-order valence-corrected chi connectivity index (χ1v) is 7.17. The van der Waals surface area contributed by atoms with Crippen molar-refractivity contribution < 1.29 is 9.53 Å². The number of nitrogens with two attached hydrogens (primary N) is 1. The Hall–Kier alpha value is -2.08. The van der Waals surface area contributed by atoms with E-state index in [0.29, 0.717) is 5.69 Å². The van der Waals surface area contributed by atoms with Gasteiger partial charge in [-0.05, 0) is 52.7 Å². The fourth-order valence-corrected chi connectivity index (χ4v) is 2.47. The Kier molecular flexibility index (Phi) is 4.80. The molecule has 1 unspecified atom stereocenters. The van der Waals surface area contributed by atoms with Gasteiger partial charge in [-0.3, -0.25) is 4.79 Å². The van der Waals surface area contributed by atoms with Crippen LogP contribution in [0.5, 0.6) is 5.75 Å². The zero-order valence-electron chi connectivity index (χ0n) is 11.8. The van der Waals surface area contributed by atoms with Gasteiger partial charge in [0.25, 0.3) is 5.91 Å². The maximum absolute atomic E-state index is 12.2. The molecular formula is C15H16BrN3O2. The average molecular weight is 350 g/mol. The summed E-state index contributed by atoms with van der Waals surface area (Å²) in [6.07, 6.45) is 1.54. The average Bonchev–Trinajstić information content (AvgIpc) is 2.47. The topological polar surface area (TPSA) is 77.2 Å². The molecule has 0 aliphatic carbocycles. The number of aromatic nitrogens is 1. The van der Waals surface area contributed by atoms with E-state index in [9.17, 15) is 4.79 Å². The van der Waals surface area contributed by atoms with Crippen LogP contribution >= 0.6 is 15.9 Å². The summed E-state index contributed by atoms with van der Waals surface area (Å²) in [7, 11) is 1.61. The second kappa shape index (κ2) is 6.58. The van der Waals surface area contributed by atoms with Gasteiger partial charge >= 0.3 is 0 Å². The Morgan fingerprint density at radius 3 is 2.81 bits per heavy atom. The Morgan fingerprint density at radius 1 is 1.43 bits per heavy atom. The van der Waals surface area contributed by atoms with Crippen LogP contribution in [0.2, 0.25) is 0 Å². The third kappa shape index (κ3) is 3.52. The molecule has 3 N–H and O–H groups in total. The van der Waals surface area contributed by atoms with Gasteiger partial charge in [0.2, 0.25) is 0 Å². The number of nitrogens with zero attached hydrogens (tertiary/aromatic N) is 1. The molecule has 0 saturated heterocycles. The van der Waals surface area contributed by atoms with Gasteiger partial charge in [0.15, 0.2) is 5.69 Å². The molecule has 5 nitrogen and oxygen atoms in total. The lowest BCUT2D eigenvalue weighted by Gasteiger charge is -2.16. The lowest BCUT2D eigenvalue weighted by Crippen LogP contribution is -2.28. The summed E-state index contributed by atoms with van der Waals surface area (Å²) in [5.41, 5.74) is 7.29. The SMILES string of the molecule is COc1ccc(C(C)NC(=O)c2ncccc2N)cc1Br. The molecular weight excluding hydrogens is 334 g/mol. The van der Waals surface area contributed by atoms with E-state index in [1.165, 1.54) is 0 Å². The predicted octanol–water partition coefficient (Wildman–Crippen LogP) is 2.93. The first kappa shape index (κ1) is 15.3. The number of nitrogens with one attached hydrogen (secondary N) is 1. The van der Waals surface area contributed by atoms with Gasteiger partial charge < -0.3 is 15.8 Å². The van der Waals surface area contributed by atoms with Crippen LogP contribution in [0.1, 0.15) is 29.0 Å². The van der Waals surface area contributed by atoms with Crippen molar-refractivity contribution in [1.29, 1.82) is 0 Å². The van der Waals surface area contributed by atoms with Crippen LogP contribution in [0, 0.1) is 0 Å². The highest BCUT2D eigenvalue weighted by molar-refractivity contribution is 9.10. The number of hydrogen-bond acceptors (Lipinski definition) is 4. The Labute approximate surface area is 131 Å².